The third-order valence-corrected chi connectivity index (χ3v) is 16.3. The van der Waals surface area contributed by atoms with E-state index in [0.29, 0.717) is 17.3 Å². The third kappa shape index (κ3) is 4.23. The number of benzene rings is 6. The van der Waals surface area contributed by atoms with E-state index >= 15 is 0 Å². The van der Waals surface area contributed by atoms with Crippen LogP contribution in [0.5, 0.6) is 11.5 Å². The van der Waals surface area contributed by atoms with E-state index in [4.69, 9.17) is 4.74 Å². The van der Waals surface area contributed by atoms with Crippen LogP contribution in [0, 0.1) is 29.1 Å². The lowest BCUT2D eigenvalue weighted by atomic mass is 9.26. The Kier molecular flexibility index (Phi) is 6.67. The normalized spacial score (nSPS) is 28.9. The Morgan fingerprint density at radius 1 is 0.518 bits per heavy atom. The molecule has 56 heavy (non-hydrogen) atoms. The number of hydrogen-bond donors (Lipinski definition) is 0. The summed E-state index contributed by atoms with van der Waals surface area (Å²) in [7, 11) is 0. The molecule has 0 N–H and O–H groups in total. The van der Waals surface area contributed by atoms with Gasteiger partial charge in [0.15, 0.2) is 5.75 Å². The monoisotopic (exact) mass is 729 g/mol. The molecule has 2 heteroatoms. The van der Waals surface area contributed by atoms with E-state index in [1.807, 2.05) is 0 Å². The Morgan fingerprint density at radius 2 is 1.16 bits per heavy atom. The molecule has 0 aromatic heterocycles. The predicted molar refractivity (Wildman–Crippen MR) is 229 cm³/mol. The van der Waals surface area contributed by atoms with Crippen molar-refractivity contribution >= 4 is 17.1 Å². The quantitative estimate of drug-likeness (QED) is 0.175. The molecule has 0 saturated heterocycles. The lowest BCUT2D eigenvalue weighted by molar-refractivity contribution is -0.235. The number of anilines is 3. The maximum Gasteiger partial charge on any atom is 0.155 e. The maximum atomic E-state index is 7.38. The highest BCUT2D eigenvalue weighted by Gasteiger charge is 2.84. The zero-order chi connectivity index (χ0) is 37.6. The number of para-hydroxylation sites is 1. The fourth-order valence-corrected chi connectivity index (χ4v) is 13.7. The van der Waals surface area contributed by atoms with Gasteiger partial charge in [0.25, 0.3) is 0 Å². The van der Waals surface area contributed by atoms with Gasteiger partial charge in [0.2, 0.25) is 0 Å². The van der Waals surface area contributed by atoms with E-state index < -0.39 is 0 Å². The first-order chi connectivity index (χ1) is 27.2. The largest absolute Gasteiger partial charge is 0.455 e. The summed E-state index contributed by atoms with van der Waals surface area (Å²) in [4.78, 5) is 2.52. The average molecular weight is 730 g/mol. The highest BCUT2D eigenvalue weighted by atomic mass is 16.5. The van der Waals surface area contributed by atoms with Gasteiger partial charge in [-0.25, -0.2) is 0 Å². The molecular weight excluding hydrogens is 679 g/mol. The predicted octanol–water partition coefficient (Wildman–Crippen LogP) is 14.3. The van der Waals surface area contributed by atoms with Crippen molar-refractivity contribution in [2.24, 2.45) is 29.1 Å². The van der Waals surface area contributed by atoms with E-state index in [9.17, 15) is 0 Å². The number of fused-ring (bicyclic) bond motifs is 8. The summed E-state index contributed by atoms with van der Waals surface area (Å²) < 4.78 is 7.38. The Bertz CT molecular complexity index is 2550. The van der Waals surface area contributed by atoms with Crippen LogP contribution in [-0.4, -0.2) is 0 Å². The van der Waals surface area contributed by atoms with Gasteiger partial charge >= 0.3 is 0 Å². The van der Waals surface area contributed by atoms with Crippen molar-refractivity contribution in [1.29, 1.82) is 0 Å². The zero-order valence-corrected chi connectivity index (χ0v) is 33.2. The topological polar surface area (TPSA) is 12.5 Å². The van der Waals surface area contributed by atoms with E-state index in [-0.39, 0.29) is 16.2 Å². The van der Waals surface area contributed by atoms with E-state index in [1.165, 1.54) is 88.7 Å². The minimum Gasteiger partial charge on any atom is -0.455 e. The summed E-state index contributed by atoms with van der Waals surface area (Å²) in [5, 5.41) is 0. The van der Waals surface area contributed by atoms with Crippen molar-refractivity contribution in [1.82, 2.24) is 0 Å². The van der Waals surface area contributed by atoms with Crippen LogP contribution >= 0.6 is 0 Å². The standard InChI is InChI=1S/C54H51NO/c1-51(2)26-27-52(3,4)44-32-41(23-24-42(44)51)55(40-21-18-37(19-22-40)35-12-7-5-8-13-35)46-17-11-16-43-50(46)56-47-25-20-38(36-14-9-6-10-15-36)30-45(47)54(43)48-29-34-28-39-31-49(54)53(39,48)33-34/h5-25,30,32,34,39,48-49H,26-29,31,33H2,1-4H3. The number of nitrogens with zero attached hydrogens (tertiary/aromatic N) is 1. The Morgan fingerprint density at radius 3 is 1.89 bits per heavy atom. The molecule has 6 aliphatic rings. The molecule has 2 spiro atoms. The van der Waals surface area contributed by atoms with Gasteiger partial charge in [0, 0.05) is 27.9 Å². The van der Waals surface area contributed by atoms with Crippen LogP contribution < -0.4 is 9.64 Å². The van der Waals surface area contributed by atoms with Gasteiger partial charge in [0.1, 0.15) is 5.75 Å². The molecule has 6 aromatic rings. The molecule has 12 rings (SSSR count). The second kappa shape index (κ2) is 11.3. The molecule has 4 fully saturated rings. The van der Waals surface area contributed by atoms with Crippen molar-refractivity contribution < 1.29 is 4.74 Å². The third-order valence-electron chi connectivity index (χ3n) is 16.3. The molecule has 6 atom stereocenters. The van der Waals surface area contributed by atoms with Crippen molar-refractivity contribution in [2.75, 3.05) is 4.90 Å². The Balaban J connectivity index is 1.07. The molecule has 6 unspecified atom stereocenters. The number of ether oxygens (including phenoxy) is 1. The second-order valence-corrected chi connectivity index (χ2v) is 19.6. The van der Waals surface area contributed by atoms with Gasteiger partial charge in [-0.2, -0.15) is 0 Å². The molecule has 0 radical (unpaired) electrons. The van der Waals surface area contributed by atoms with E-state index in [0.717, 1.165) is 34.7 Å². The van der Waals surface area contributed by atoms with Gasteiger partial charge in [-0.15, -0.1) is 0 Å². The highest BCUT2D eigenvalue weighted by Crippen LogP contribution is 2.89. The summed E-state index contributed by atoms with van der Waals surface area (Å²) in [5.74, 6) is 5.25. The minimum absolute atomic E-state index is 0.0277. The molecule has 278 valence electrons. The molecule has 1 aliphatic heterocycles. The van der Waals surface area contributed by atoms with Crippen LogP contribution in [-0.2, 0) is 16.2 Å². The molecule has 4 saturated carbocycles. The van der Waals surface area contributed by atoms with Crippen LogP contribution in [0.4, 0.5) is 17.1 Å². The van der Waals surface area contributed by atoms with Crippen molar-refractivity contribution in [3.63, 3.8) is 0 Å². The first-order valence-electron chi connectivity index (χ1n) is 21.3. The van der Waals surface area contributed by atoms with Gasteiger partial charge in [-0.3, -0.25) is 0 Å². The first-order valence-corrected chi connectivity index (χ1v) is 21.3. The molecule has 1 heterocycles. The number of rotatable bonds is 5. The van der Waals surface area contributed by atoms with Gasteiger partial charge in [0.05, 0.1) is 5.69 Å². The van der Waals surface area contributed by atoms with Crippen LogP contribution in [0.25, 0.3) is 22.3 Å². The highest BCUT2D eigenvalue weighted by molar-refractivity contribution is 5.85. The van der Waals surface area contributed by atoms with Crippen LogP contribution in [0.1, 0.15) is 88.5 Å². The summed E-state index contributed by atoms with van der Waals surface area (Å²) in [6, 6.07) is 52.5. The smallest absolute Gasteiger partial charge is 0.155 e. The van der Waals surface area contributed by atoms with Crippen LogP contribution in [0.15, 0.2) is 140 Å². The zero-order valence-electron chi connectivity index (χ0n) is 33.2. The molecule has 0 amide bonds. The molecule has 2 nitrogen and oxygen atoms in total. The van der Waals surface area contributed by atoms with Gasteiger partial charge in [-0.1, -0.05) is 125 Å². The van der Waals surface area contributed by atoms with Crippen molar-refractivity contribution in [2.45, 2.75) is 82.5 Å². The lowest BCUT2D eigenvalue weighted by Gasteiger charge is -2.77. The van der Waals surface area contributed by atoms with Crippen LogP contribution in [0.3, 0.4) is 0 Å². The molecule has 6 aromatic carbocycles. The van der Waals surface area contributed by atoms with Gasteiger partial charge < -0.3 is 9.64 Å². The summed E-state index contributed by atoms with van der Waals surface area (Å²) >= 11 is 0. The molecule has 2 bridgehead atoms. The van der Waals surface area contributed by atoms with E-state index in [2.05, 4.69) is 172 Å². The fourth-order valence-electron chi connectivity index (χ4n) is 13.7. The first kappa shape index (κ1) is 33.1. The van der Waals surface area contributed by atoms with E-state index in [1.54, 1.807) is 0 Å². The van der Waals surface area contributed by atoms with Gasteiger partial charge in [-0.05, 0) is 154 Å². The SMILES string of the molecule is CC1(C)CCC(C)(C)c2cc(N(c3ccc(-c4ccccc4)cc3)c3cccc4c3Oc3ccc(-c5ccccc5)cc3C43C4CC5CC6CC3C64C5)ccc21. The van der Waals surface area contributed by atoms with Crippen molar-refractivity contribution in [3.05, 3.63) is 162 Å². The Hall–Kier alpha value is -5.08. The minimum atomic E-state index is -0.0277. The fraction of sp³-hybridized carbons (Fsp3) is 0.333. The lowest BCUT2D eigenvalue weighted by Crippen LogP contribution is -2.74. The second-order valence-electron chi connectivity index (χ2n) is 19.6. The molecular formula is C54H51NO. The van der Waals surface area contributed by atoms with Crippen LogP contribution in [0.2, 0.25) is 0 Å². The maximum absolute atomic E-state index is 7.38. The summed E-state index contributed by atoms with van der Waals surface area (Å²) in [6.45, 7) is 9.73. The molecule has 5 aliphatic carbocycles. The summed E-state index contributed by atoms with van der Waals surface area (Å²) in [6.07, 6.45) is 8.00. The number of hydrogen-bond acceptors (Lipinski definition) is 2. The van der Waals surface area contributed by atoms with Crippen molar-refractivity contribution in [3.8, 4) is 33.8 Å². The summed E-state index contributed by atoms with van der Waals surface area (Å²) in [5.41, 5.74) is 15.1. The average Bonchev–Trinajstić information content (AvgIpc) is 3.76. The Labute approximate surface area is 332 Å².